The molecule has 8 heteroatoms. The van der Waals surface area contributed by atoms with E-state index in [1.807, 2.05) is 0 Å². The highest BCUT2D eigenvalue weighted by Gasteiger charge is 2.37. The molecule has 168 valence electrons. The van der Waals surface area contributed by atoms with Crippen molar-refractivity contribution in [1.29, 1.82) is 0 Å². The van der Waals surface area contributed by atoms with Crippen LogP contribution in [0.15, 0.2) is 24.3 Å². The SMILES string of the molecule is CC(C)CN1CCc2[nH]nc(C(=O)N3CCC(c4ccccc4C(F)(F)F)CC3)c2C1. The third-order valence-corrected chi connectivity index (χ3v) is 6.33. The Balaban J connectivity index is 1.44. The number of hydrogen-bond acceptors (Lipinski definition) is 3. The number of hydrogen-bond donors (Lipinski definition) is 1. The molecule has 3 heterocycles. The van der Waals surface area contributed by atoms with E-state index in [9.17, 15) is 18.0 Å². The van der Waals surface area contributed by atoms with E-state index in [2.05, 4.69) is 28.9 Å². The van der Waals surface area contributed by atoms with Crippen LogP contribution in [0.5, 0.6) is 0 Å². The van der Waals surface area contributed by atoms with E-state index in [4.69, 9.17) is 0 Å². The fraction of sp³-hybridized carbons (Fsp3) is 0.565. The van der Waals surface area contributed by atoms with Crippen molar-refractivity contribution in [1.82, 2.24) is 20.0 Å². The first kappa shape index (κ1) is 21.9. The molecule has 0 aliphatic carbocycles. The van der Waals surface area contributed by atoms with Gasteiger partial charge < -0.3 is 4.90 Å². The molecule has 0 atom stereocenters. The summed E-state index contributed by atoms with van der Waals surface area (Å²) < 4.78 is 40.2. The minimum Gasteiger partial charge on any atom is -0.337 e. The molecule has 0 bridgehead atoms. The van der Waals surface area contributed by atoms with Crippen molar-refractivity contribution in [3.8, 4) is 0 Å². The molecular weight excluding hydrogens is 405 g/mol. The number of aromatic amines is 1. The zero-order valence-corrected chi connectivity index (χ0v) is 18.0. The monoisotopic (exact) mass is 434 g/mol. The fourth-order valence-corrected chi connectivity index (χ4v) is 4.85. The number of nitrogens with zero attached hydrogens (tertiary/aromatic N) is 3. The average molecular weight is 435 g/mol. The molecule has 1 fully saturated rings. The molecule has 31 heavy (non-hydrogen) atoms. The highest BCUT2D eigenvalue weighted by atomic mass is 19.4. The van der Waals surface area contributed by atoms with Gasteiger partial charge in [0.2, 0.25) is 0 Å². The average Bonchev–Trinajstić information content (AvgIpc) is 3.15. The van der Waals surface area contributed by atoms with Gasteiger partial charge in [0.1, 0.15) is 0 Å². The van der Waals surface area contributed by atoms with Gasteiger partial charge in [-0.3, -0.25) is 14.8 Å². The zero-order valence-electron chi connectivity index (χ0n) is 18.0. The molecular formula is C23H29F3N4O. The number of piperidine rings is 1. The predicted molar refractivity (Wildman–Crippen MR) is 112 cm³/mol. The smallest absolute Gasteiger partial charge is 0.337 e. The van der Waals surface area contributed by atoms with Crippen LogP contribution in [0, 0.1) is 5.92 Å². The molecule has 1 N–H and O–H groups in total. The molecule has 0 radical (unpaired) electrons. The van der Waals surface area contributed by atoms with E-state index in [1.165, 1.54) is 6.07 Å². The molecule has 4 rings (SSSR count). The largest absolute Gasteiger partial charge is 0.416 e. The third-order valence-electron chi connectivity index (χ3n) is 6.33. The van der Waals surface area contributed by atoms with Crippen LogP contribution in [-0.2, 0) is 19.1 Å². The summed E-state index contributed by atoms with van der Waals surface area (Å²) in [4.78, 5) is 17.3. The van der Waals surface area contributed by atoms with Gasteiger partial charge in [-0.15, -0.1) is 0 Å². The number of halogens is 3. The van der Waals surface area contributed by atoms with E-state index in [0.717, 1.165) is 36.8 Å². The lowest BCUT2D eigenvalue weighted by Gasteiger charge is -2.33. The number of benzene rings is 1. The first-order valence-corrected chi connectivity index (χ1v) is 11.0. The molecule has 0 unspecified atom stereocenters. The Morgan fingerprint density at radius 2 is 1.90 bits per heavy atom. The first-order valence-electron chi connectivity index (χ1n) is 11.0. The minimum atomic E-state index is -4.36. The van der Waals surface area contributed by atoms with E-state index >= 15 is 0 Å². The second-order valence-corrected chi connectivity index (χ2v) is 9.06. The van der Waals surface area contributed by atoms with Gasteiger partial charge in [0.05, 0.1) is 5.56 Å². The summed E-state index contributed by atoms with van der Waals surface area (Å²) in [5, 5.41) is 7.35. The molecule has 2 aliphatic heterocycles. The number of nitrogens with one attached hydrogen (secondary N) is 1. The van der Waals surface area contributed by atoms with Crippen LogP contribution in [0.25, 0.3) is 0 Å². The van der Waals surface area contributed by atoms with Gasteiger partial charge in [0.25, 0.3) is 5.91 Å². The van der Waals surface area contributed by atoms with Crippen LogP contribution in [0.3, 0.4) is 0 Å². The Bertz CT molecular complexity index is 929. The summed E-state index contributed by atoms with van der Waals surface area (Å²) in [7, 11) is 0. The molecule has 1 saturated heterocycles. The summed E-state index contributed by atoms with van der Waals surface area (Å²) in [5.74, 6) is 0.231. The third kappa shape index (κ3) is 4.63. The summed E-state index contributed by atoms with van der Waals surface area (Å²) in [6.45, 7) is 7.86. The van der Waals surface area contributed by atoms with E-state index in [0.29, 0.717) is 49.7 Å². The Kier molecular flexibility index (Phi) is 6.10. The molecule has 2 aliphatic rings. The summed E-state index contributed by atoms with van der Waals surface area (Å²) in [5.41, 5.74) is 2.24. The normalized spacial score (nSPS) is 18.5. The Hall–Kier alpha value is -2.35. The van der Waals surface area contributed by atoms with Crippen molar-refractivity contribution in [3.63, 3.8) is 0 Å². The lowest BCUT2D eigenvalue weighted by Crippen LogP contribution is -2.39. The summed E-state index contributed by atoms with van der Waals surface area (Å²) in [6, 6.07) is 5.79. The van der Waals surface area contributed by atoms with Gasteiger partial charge in [0.15, 0.2) is 5.69 Å². The van der Waals surface area contributed by atoms with Crippen LogP contribution >= 0.6 is 0 Å². The Labute approximate surface area is 180 Å². The molecule has 1 aromatic heterocycles. The molecule has 5 nitrogen and oxygen atoms in total. The molecule has 0 saturated carbocycles. The number of aromatic nitrogens is 2. The quantitative estimate of drug-likeness (QED) is 0.773. The molecule has 1 aromatic carbocycles. The van der Waals surface area contributed by atoms with Crippen LogP contribution in [-0.4, -0.2) is 52.1 Å². The molecule has 1 amide bonds. The maximum Gasteiger partial charge on any atom is 0.416 e. The standard InChI is InChI=1S/C23H29F3N4O/c1-15(2)13-29-10-9-20-18(14-29)21(28-27-20)22(31)30-11-7-16(8-12-30)17-5-3-4-6-19(17)23(24,25)26/h3-6,15-16H,7-14H2,1-2H3,(H,27,28). The van der Waals surface area contributed by atoms with E-state index < -0.39 is 11.7 Å². The summed E-state index contributed by atoms with van der Waals surface area (Å²) in [6.07, 6.45) is -2.48. The van der Waals surface area contributed by atoms with Crippen LogP contribution < -0.4 is 0 Å². The molecule has 0 spiro atoms. The van der Waals surface area contributed by atoms with Gasteiger partial charge in [0, 0.05) is 50.4 Å². The van der Waals surface area contributed by atoms with Gasteiger partial charge >= 0.3 is 6.18 Å². The van der Waals surface area contributed by atoms with E-state index in [1.54, 1.807) is 17.0 Å². The highest BCUT2D eigenvalue weighted by molar-refractivity contribution is 5.94. The number of amides is 1. The van der Waals surface area contributed by atoms with Gasteiger partial charge in [-0.2, -0.15) is 18.3 Å². The van der Waals surface area contributed by atoms with Crippen LogP contribution in [0.1, 0.15) is 65.5 Å². The number of likely N-dealkylation sites (tertiary alicyclic amines) is 1. The first-order chi connectivity index (χ1) is 14.7. The van der Waals surface area contributed by atoms with Crippen LogP contribution in [0.2, 0.25) is 0 Å². The Morgan fingerprint density at radius 3 is 2.58 bits per heavy atom. The number of fused-ring (bicyclic) bond motifs is 1. The zero-order chi connectivity index (χ0) is 22.2. The van der Waals surface area contributed by atoms with Crippen LogP contribution in [0.4, 0.5) is 13.2 Å². The van der Waals surface area contributed by atoms with Crippen molar-refractivity contribution in [2.75, 3.05) is 26.2 Å². The number of carbonyl (C=O) groups is 1. The fourth-order valence-electron chi connectivity index (χ4n) is 4.85. The lowest BCUT2D eigenvalue weighted by atomic mass is 9.86. The number of rotatable bonds is 4. The van der Waals surface area contributed by atoms with Gasteiger partial charge in [-0.1, -0.05) is 32.0 Å². The maximum absolute atomic E-state index is 13.4. The summed E-state index contributed by atoms with van der Waals surface area (Å²) >= 11 is 0. The van der Waals surface area contributed by atoms with E-state index in [-0.39, 0.29) is 11.8 Å². The van der Waals surface area contributed by atoms with Crippen molar-refractivity contribution in [3.05, 3.63) is 52.3 Å². The highest BCUT2D eigenvalue weighted by Crippen LogP contribution is 2.38. The van der Waals surface area contributed by atoms with Crippen molar-refractivity contribution >= 4 is 5.91 Å². The van der Waals surface area contributed by atoms with Crippen molar-refractivity contribution in [2.24, 2.45) is 5.92 Å². The maximum atomic E-state index is 13.4. The number of alkyl halides is 3. The Morgan fingerprint density at radius 1 is 1.19 bits per heavy atom. The second kappa shape index (κ2) is 8.65. The number of carbonyl (C=O) groups excluding carboxylic acids is 1. The molecule has 2 aromatic rings. The van der Waals surface area contributed by atoms with Crippen molar-refractivity contribution < 1.29 is 18.0 Å². The number of H-pyrrole nitrogens is 1. The predicted octanol–water partition coefficient (Wildman–Crippen LogP) is 4.46. The lowest BCUT2D eigenvalue weighted by molar-refractivity contribution is -0.138. The van der Waals surface area contributed by atoms with Gasteiger partial charge in [-0.05, 0) is 36.3 Å². The second-order valence-electron chi connectivity index (χ2n) is 9.06. The van der Waals surface area contributed by atoms with Crippen molar-refractivity contribution in [2.45, 2.75) is 51.7 Å². The van der Waals surface area contributed by atoms with Gasteiger partial charge in [-0.25, -0.2) is 0 Å². The topological polar surface area (TPSA) is 52.2 Å². The minimum absolute atomic E-state index is 0.119.